The number of carbonyl (C=O) groups is 1. The number of carbonyl (C=O) groups excluding carboxylic acids is 1. The van der Waals surface area contributed by atoms with Gasteiger partial charge in [-0.15, -0.1) is 0 Å². The highest BCUT2D eigenvalue weighted by Gasteiger charge is 2.49. The molecule has 0 aliphatic carbocycles. The van der Waals surface area contributed by atoms with E-state index in [4.69, 9.17) is 4.74 Å². The molecule has 144 valence electrons. The summed E-state index contributed by atoms with van der Waals surface area (Å²) >= 11 is 1.51. The van der Waals surface area contributed by atoms with Crippen LogP contribution < -0.4 is 4.74 Å². The number of aromatic nitrogens is 1. The molecule has 4 rings (SSSR count). The van der Waals surface area contributed by atoms with Gasteiger partial charge in [0.05, 0.1) is 13.2 Å². The second-order valence-corrected chi connectivity index (χ2v) is 8.36. The molecule has 7 heteroatoms. The standard InChI is InChI=1S/C20H26N4O2S/c1-22(2)20(25)24-11-16-10-23(9-14-8-21-27-13-14)12-18(16)19(24)15-4-6-17(26-3)7-5-15/h4-8,13,16,18-19H,9-12H2,1-3H3/t16-,18-,19+/m1/s1. The normalized spacial score (nSPS) is 24.9. The molecule has 3 heterocycles. The number of methoxy groups -OCH3 is 1. The van der Waals surface area contributed by atoms with Gasteiger partial charge >= 0.3 is 6.03 Å². The number of hydrogen-bond donors (Lipinski definition) is 0. The third-order valence-electron chi connectivity index (χ3n) is 5.72. The number of fused-ring (bicyclic) bond motifs is 1. The number of amides is 2. The van der Waals surface area contributed by atoms with Gasteiger partial charge in [-0.3, -0.25) is 4.90 Å². The van der Waals surface area contributed by atoms with E-state index < -0.39 is 0 Å². The summed E-state index contributed by atoms with van der Waals surface area (Å²) < 4.78 is 9.52. The molecule has 0 bridgehead atoms. The van der Waals surface area contributed by atoms with Crippen LogP contribution in [0.15, 0.2) is 35.8 Å². The van der Waals surface area contributed by atoms with Gasteiger partial charge in [-0.2, -0.15) is 0 Å². The number of urea groups is 1. The van der Waals surface area contributed by atoms with E-state index in [2.05, 4.69) is 31.7 Å². The van der Waals surface area contributed by atoms with E-state index >= 15 is 0 Å². The number of hydrogen-bond acceptors (Lipinski definition) is 5. The lowest BCUT2D eigenvalue weighted by Crippen LogP contribution is -2.41. The maximum Gasteiger partial charge on any atom is 0.320 e. The Balaban J connectivity index is 1.57. The maximum atomic E-state index is 12.8. The second kappa shape index (κ2) is 7.48. The fraction of sp³-hybridized carbons (Fsp3) is 0.500. The molecule has 0 N–H and O–H groups in total. The van der Waals surface area contributed by atoms with Crippen molar-refractivity contribution < 1.29 is 9.53 Å². The summed E-state index contributed by atoms with van der Waals surface area (Å²) in [5.74, 6) is 1.80. The number of rotatable bonds is 4. The van der Waals surface area contributed by atoms with Crippen molar-refractivity contribution in [2.24, 2.45) is 11.8 Å². The topological polar surface area (TPSA) is 48.9 Å². The molecule has 2 fully saturated rings. The molecule has 1 aromatic heterocycles. The first-order chi connectivity index (χ1) is 13.1. The molecule has 0 unspecified atom stereocenters. The molecule has 1 aromatic carbocycles. The number of nitrogens with zero attached hydrogens (tertiary/aromatic N) is 4. The summed E-state index contributed by atoms with van der Waals surface area (Å²) in [5, 5.41) is 2.12. The van der Waals surface area contributed by atoms with Crippen molar-refractivity contribution in [3.63, 3.8) is 0 Å². The summed E-state index contributed by atoms with van der Waals surface area (Å²) in [6.45, 7) is 3.80. The van der Waals surface area contributed by atoms with Crippen molar-refractivity contribution in [3.8, 4) is 5.75 Å². The average Bonchev–Trinajstić information content (AvgIpc) is 3.37. The molecule has 2 aromatic rings. The van der Waals surface area contributed by atoms with Crippen LogP contribution in [0.1, 0.15) is 17.2 Å². The quantitative estimate of drug-likeness (QED) is 0.811. The van der Waals surface area contributed by atoms with Gasteiger partial charge in [0.2, 0.25) is 0 Å². The van der Waals surface area contributed by atoms with Gasteiger partial charge in [-0.25, -0.2) is 9.17 Å². The molecular formula is C20H26N4O2S. The minimum atomic E-state index is 0.0961. The van der Waals surface area contributed by atoms with Gasteiger partial charge in [0, 0.05) is 57.8 Å². The van der Waals surface area contributed by atoms with Gasteiger partial charge in [0.1, 0.15) is 5.75 Å². The molecule has 6 nitrogen and oxygen atoms in total. The van der Waals surface area contributed by atoms with Crippen LogP contribution in [0.4, 0.5) is 4.79 Å². The Kier molecular flexibility index (Phi) is 5.06. The Hall–Kier alpha value is -2.12. The van der Waals surface area contributed by atoms with Crippen molar-refractivity contribution in [3.05, 3.63) is 47.0 Å². The molecule has 2 saturated heterocycles. The van der Waals surface area contributed by atoms with Crippen molar-refractivity contribution in [1.82, 2.24) is 19.1 Å². The lowest BCUT2D eigenvalue weighted by molar-refractivity contribution is 0.151. The van der Waals surface area contributed by atoms with Gasteiger partial charge in [-0.1, -0.05) is 12.1 Å². The molecule has 2 amide bonds. The van der Waals surface area contributed by atoms with Crippen LogP contribution >= 0.6 is 11.5 Å². The van der Waals surface area contributed by atoms with E-state index in [0.29, 0.717) is 11.8 Å². The highest BCUT2D eigenvalue weighted by atomic mass is 32.1. The molecule has 2 aliphatic rings. The first-order valence-electron chi connectivity index (χ1n) is 9.29. The Bertz CT molecular complexity index is 778. The molecule has 0 spiro atoms. The average molecular weight is 387 g/mol. The summed E-state index contributed by atoms with van der Waals surface area (Å²) in [6.07, 6.45) is 1.96. The Morgan fingerprint density at radius 1 is 1.26 bits per heavy atom. The molecular weight excluding hydrogens is 360 g/mol. The van der Waals surface area contributed by atoms with Gasteiger partial charge in [0.15, 0.2) is 0 Å². The predicted molar refractivity (Wildman–Crippen MR) is 106 cm³/mol. The van der Waals surface area contributed by atoms with Crippen LogP contribution in [-0.4, -0.2) is 65.9 Å². The van der Waals surface area contributed by atoms with E-state index in [-0.39, 0.29) is 12.1 Å². The van der Waals surface area contributed by atoms with Crippen molar-refractivity contribution in [2.45, 2.75) is 12.6 Å². The predicted octanol–water partition coefficient (Wildman–Crippen LogP) is 2.94. The van der Waals surface area contributed by atoms with E-state index in [9.17, 15) is 4.79 Å². The van der Waals surface area contributed by atoms with E-state index in [1.807, 2.05) is 32.4 Å². The lowest BCUT2D eigenvalue weighted by Gasteiger charge is -2.32. The zero-order valence-electron chi connectivity index (χ0n) is 16.0. The van der Waals surface area contributed by atoms with Crippen molar-refractivity contribution in [1.29, 1.82) is 0 Å². The minimum Gasteiger partial charge on any atom is -0.497 e. The zero-order chi connectivity index (χ0) is 19.0. The van der Waals surface area contributed by atoms with E-state index in [1.165, 1.54) is 22.7 Å². The fourth-order valence-corrected chi connectivity index (χ4v) is 5.04. The monoisotopic (exact) mass is 386 g/mol. The Morgan fingerprint density at radius 2 is 2.04 bits per heavy atom. The largest absolute Gasteiger partial charge is 0.497 e. The van der Waals surface area contributed by atoms with E-state index in [1.54, 1.807) is 12.0 Å². The maximum absolute atomic E-state index is 12.8. The Morgan fingerprint density at radius 3 is 2.67 bits per heavy atom. The lowest BCUT2D eigenvalue weighted by atomic mass is 9.89. The van der Waals surface area contributed by atoms with E-state index in [0.717, 1.165) is 31.9 Å². The smallest absolute Gasteiger partial charge is 0.320 e. The summed E-state index contributed by atoms with van der Waals surface area (Å²) in [7, 11) is 5.34. The highest BCUT2D eigenvalue weighted by molar-refractivity contribution is 7.03. The molecule has 0 saturated carbocycles. The fourth-order valence-electron chi connectivity index (χ4n) is 4.51. The third-order valence-corrected chi connectivity index (χ3v) is 6.35. The number of benzene rings is 1. The molecule has 3 atom stereocenters. The summed E-state index contributed by atoms with van der Waals surface area (Å²) in [5.41, 5.74) is 2.47. The van der Waals surface area contributed by atoms with Crippen LogP contribution in [-0.2, 0) is 6.54 Å². The molecule has 0 radical (unpaired) electrons. The van der Waals surface area contributed by atoms with Gasteiger partial charge < -0.3 is 14.5 Å². The molecule has 27 heavy (non-hydrogen) atoms. The summed E-state index contributed by atoms with van der Waals surface area (Å²) in [4.78, 5) is 19.1. The molecule has 2 aliphatic heterocycles. The van der Waals surface area contributed by atoms with Gasteiger partial charge in [-0.05, 0) is 40.7 Å². The second-order valence-electron chi connectivity index (χ2n) is 7.70. The van der Waals surface area contributed by atoms with Crippen LogP contribution in [0.3, 0.4) is 0 Å². The summed E-state index contributed by atoms with van der Waals surface area (Å²) in [6, 6.07) is 8.40. The minimum absolute atomic E-state index is 0.0961. The first kappa shape index (κ1) is 18.3. The number of likely N-dealkylation sites (tertiary alicyclic amines) is 2. The zero-order valence-corrected chi connectivity index (χ0v) is 16.9. The van der Waals surface area contributed by atoms with Gasteiger partial charge in [0.25, 0.3) is 0 Å². The first-order valence-corrected chi connectivity index (χ1v) is 10.1. The Labute approximate surface area is 164 Å². The van der Waals surface area contributed by atoms with Crippen LogP contribution in [0.5, 0.6) is 5.75 Å². The van der Waals surface area contributed by atoms with Crippen LogP contribution in [0.2, 0.25) is 0 Å². The number of ether oxygens (including phenoxy) is 1. The SMILES string of the molecule is COc1ccc([C@H]2[C@@H]3CN(Cc4cnsc4)C[C@@H]3CN2C(=O)N(C)C)cc1. The van der Waals surface area contributed by atoms with Crippen LogP contribution in [0.25, 0.3) is 0 Å². The highest BCUT2D eigenvalue weighted by Crippen LogP contribution is 2.45. The van der Waals surface area contributed by atoms with Crippen molar-refractivity contribution in [2.75, 3.05) is 40.8 Å². The van der Waals surface area contributed by atoms with Crippen molar-refractivity contribution >= 4 is 17.6 Å². The third kappa shape index (κ3) is 3.53. The van der Waals surface area contributed by atoms with Crippen LogP contribution in [0, 0.1) is 11.8 Å².